The molecule has 0 aromatic rings. The summed E-state index contributed by atoms with van der Waals surface area (Å²) in [6, 6.07) is 0.489. The van der Waals surface area contributed by atoms with E-state index in [9.17, 15) is 5.11 Å². The van der Waals surface area contributed by atoms with Crippen LogP contribution >= 0.6 is 0 Å². The number of hydrogen-bond acceptors (Lipinski definition) is 3. The molecule has 1 aliphatic rings. The van der Waals surface area contributed by atoms with Crippen molar-refractivity contribution in [2.24, 2.45) is 11.8 Å². The molecule has 0 saturated carbocycles. The van der Waals surface area contributed by atoms with Gasteiger partial charge in [0.15, 0.2) is 0 Å². The van der Waals surface area contributed by atoms with Crippen LogP contribution in [0.25, 0.3) is 0 Å². The number of hydrogen-bond donors (Lipinski definition) is 2. The smallest absolute Gasteiger partial charge is 0.0690 e. The van der Waals surface area contributed by atoms with E-state index in [1.165, 1.54) is 0 Å². The van der Waals surface area contributed by atoms with Gasteiger partial charge in [-0.2, -0.15) is 0 Å². The Hall–Kier alpha value is -0.120. The van der Waals surface area contributed by atoms with Gasteiger partial charge in [-0.3, -0.25) is 0 Å². The van der Waals surface area contributed by atoms with Gasteiger partial charge in [0.25, 0.3) is 0 Å². The molecular formula is C13H27NO2. The molecule has 0 bridgehead atoms. The van der Waals surface area contributed by atoms with Gasteiger partial charge in [-0.05, 0) is 31.6 Å². The highest BCUT2D eigenvalue weighted by molar-refractivity contribution is 4.77. The van der Waals surface area contributed by atoms with Crippen LogP contribution in [0, 0.1) is 11.8 Å². The number of aliphatic hydroxyl groups is 1. The fourth-order valence-corrected chi connectivity index (χ4v) is 2.16. The first kappa shape index (κ1) is 13.9. The molecule has 0 aromatic carbocycles. The van der Waals surface area contributed by atoms with E-state index < -0.39 is 0 Å². The third-order valence-electron chi connectivity index (χ3n) is 3.92. The lowest BCUT2D eigenvalue weighted by Crippen LogP contribution is -2.42. The highest BCUT2D eigenvalue weighted by Crippen LogP contribution is 2.18. The lowest BCUT2D eigenvalue weighted by molar-refractivity contribution is 0.0511. The summed E-state index contributed by atoms with van der Waals surface area (Å²) < 4.78 is 5.35. The van der Waals surface area contributed by atoms with E-state index in [0.29, 0.717) is 24.4 Å². The molecule has 1 fully saturated rings. The molecule has 3 heteroatoms. The van der Waals surface area contributed by atoms with E-state index >= 15 is 0 Å². The van der Waals surface area contributed by atoms with Gasteiger partial charge < -0.3 is 15.2 Å². The fourth-order valence-electron chi connectivity index (χ4n) is 2.16. The van der Waals surface area contributed by atoms with Crippen LogP contribution in [0.15, 0.2) is 0 Å². The van der Waals surface area contributed by atoms with Crippen molar-refractivity contribution in [1.82, 2.24) is 5.32 Å². The van der Waals surface area contributed by atoms with Gasteiger partial charge >= 0.3 is 0 Å². The quantitative estimate of drug-likeness (QED) is 0.730. The topological polar surface area (TPSA) is 41.5 Å². The third-order valence-corrected chi connectivity index (χ3v) is 3.92. The first-order chi connectivity index (χ1) is 7.65. The average molecular weight is 229 g/mol. The summed E-state index contributed by atoms with van der Waals surface area (Å²) in [5.41, 5.74) is 0. The minimum Gasteiger partial charge on any atom is -0.392 e. The average Bonchev–Trinajstić information content (AvgIpc) is 2.35. The van der Waals surface area contributed by atoms with Gasteiger partial charge in [0.1, 0.15) is 0 Å². The van der Waals surface area contributed by atoms with Crippen molar-refractivity contribution in [3.63, 3.8) is 0 Å². The van der Waals surface area contributed by atoms with Crippen LogP contribution in [0.1, 0.15) is 40.0 Å². The van der Waals surface area contributed by atoms with Gasteiger partial charge in [0, 0.05) is 25.8 Å². The Bertz CT molecular complexity index is 181. The molecule has 0 amide bonds. The second-order valence-electron chi connectivity index (χ2n) is 5.10. The summed E-state index contributed by atoms with van der Waals surface area (Å²) in [7, 11) is 0. The predicted molar refractivity (Wildman–Crippen MR) is 66.5 cm³/mol. The molecule has 0 aliphatic carbocycles. The molecule has 1 saturated heterocycles. The zero-order chi connectivity index (χ0) is 12.0. The molecular weight excluding hydrogens is 202 g/mol. The molecule has 3 atom stereocenters. The van der Waals surface area contributed by atoms with Crippen LogP contribution < -0.4 is 5.32 Å². The largest absolute Gasteiger partial charge is 0.392 e. The molecule has 1 aliphatic heterocycles. The SMILES string of the molecule is CCC(C)C(O)CNC(C)C1CCOCC1. The number of rotatable bonds is 6. The van der Waals surface area contributed by atoms with E-state index in [0.717, 1.165) is 32.5 Å². The van der Waals surface area contributed by atoms with Crippen LogP contribution in [0.3, 0.4) is 0 Å². The number of aliphatic hydroxyl groups excluding tert-OH is 1. The number of ether oxygens (including phenoxy) is 1. The Labute approximate surface area is 99.6 Å². The Morgan fingerprint density at radius 2 is 1.94 bits per heavy atom. The second-order valence-corrected chi connectivity index (χ2v) is 5.10. The van der Waals surface area contributed by atoms with E-state index in [1.807, 2.05) is 0 Å². The van der Waals surface area contributed by atoms with E-state index in [1.54, 1.807) is 0 Å². The normalized spacial score (nSPS) is 24.0. The molecule has 3 nitrogen and oxygen atoms in total. The van der Waals surface area contributed by atoms with Crippen molar-refractivity contribution < 1.29 is 9.84 Å². The van der Waals surface area contributed by atoms with E-state index in [-0.39, 0.29) is 6.10 Å². The van der Waals surface area contributed by atoms with Crippen LogP contribution in [0.4, 0.5) is 0 Å². The second kappa shape index (κ2) is 7.25. The van der Waals surface area contributed by atoms with Crippen molar-refractivity contribution in [3.8, 4) is 0 Å². The Morgan fingerprint density at radius 1 is 1.31 bits per heavy atom. The fraction of sp³-hybridized carbons (Fsp3) is 1.00. The third kappa shape index (κ3) is 4.40. The lowest BCUT2D eigenvalue weighted by atomic mass is 9.92. The zero-order valence-corrected chi connectivity index (χ0v) is 10.9. The molecule has 3 unspecified atom stereocenters. The maximum atomic E-state index is 9.88. The van der Waals surface area contributed by atoms with Crippen molar-refractivity contribution >= 4 is 0 Å². The highest BCUT2D eigenvalue weighted by atomic mass is 16.5. The summed E-state index contributed by atoms with van der Waals surface area (Å²) >= 11 is 0. The van der Waals surface area contributed by atoms with Crippen molar-refractivity contribution in [2.45, 2.75) is 52.2 Å². The minimum atomic E-state index is -0.215. The standard InChI is InChI=1S/C13H27NO2/c1-4-10(2)13(15)9-14-11(3)12-5-7-16-8-6-12/h10-15H,4-9H2,1-3H3. The van der Waals surface area contributed by atoms with Gasteiger partial charge in [-0.25, -0.2) is 0 Å². The van der Waals surface area contributed by atoms with Crippen molar-refractivity contribution in [1.29, 1.82) is 0 Å². The van der Waals surface area contributed by atoms with Gasteiger partial charge in [0.2, 0.25) is 0 Å². The molecule has 2 N–H and O–H groups in total. The maximum Gasteiger partial charge on any atom is 0.0690 e. The van der Waals surface area contributed by atoms with Crippen LogP contribution in [-0.4, -0.2) is 37.0 Å². The van der Waals surface area contributed by atoms with Gasteiger partial charge in [0.05, 0.1) is 6.10 Å². The molecule has 1 rings (SSSR count). The first-order valence-electron chi connectivity index (χ1n) is 6.64. The zero-order valence-electron chi connectivity index (χ0n) is 10.9. The van der Waals surface area contributed by atoms with Crippen molar-refractivity contribution in [3.05, 3.63) is 0 Å². The van der Waals surface area contributed by atoms with E-state index in [2.05, 4.69) is 26.1 Å². The lowest BCUT2D eigenvalue weighted by Gasteiger charge is -2.30. The summed E-state index contributed by atoms with van der Waals surface area (Å²) in [5.74, 6) is 1.09. The predicted octanol–water partition coefficient (Wildman–Crippen LogP) is 1.80. The van der Waals surface area contributed by atoms with Crippen molar-refractivity contribution in [2.75, 3.05) is 19.8 Å². The molecule has 0 radical (unpaired) electrons. The molecule has 96 valence electrons. The summed E-state index contributed by atoms with van der Waals surface area (Å²) in [4.78, 5) is 0. The Morgan fingerprint density at radius 3 is 2.50 bits per heavy atom. The van der Waals surface area contributed by atoms with Gasteiger partial charge in [-0.15, -0.1) is 0 Å². The summed E-state index contributed by atoms with van der Waals surface area (Å²) in [6.07, 6.45) is 3.11. The minimum absolute atomic E-state index is 0.215. The highest BCUT2D eigenvalue weighted by Gasteiger charge is 2.21. The summed E-state index contributed by atoms with van der Waals surface area (Å²) in [5, 5.41) is 13.3. The maximum absolute atomic E-state index is 9.88. The first-order valence-corrected chi connectivity index (χ1v) is 6.64. The van der Waals surface area contributed by atoms with Crippen LogP contribution in [0.2, 0.25) is 0 Å². The molecule has 1 heterocycles. The molecule has 0 aromatic heterocycles. The Balaban J connectivity index is 2.20. The molecule has 0 spiro atoms. The van der Waals surface area contributed by atoms with Crippen LogP contribution in [-0.2, 0) is 4.74 Å². The summed E-state index contributed by atoms with van der Waals surface area (Å²) in [6.45, 7) is 8.95. The molecule has 16 heavy (non-hydrogen) atoms. The monoisotopic (exact) mass is 229 g/mol. The number of nitrogens with one attached hydrogen (secondary N) is 1. The van der Waals surface area contributed by atoms with Gasteiger partial charge in [-0.1, -0.05) is 20.3 Å². The Kier molecular flexibility index (Phi) is 6.32. The van der Waals surface area contributed by atoms with Crippen LogP contribution in [0.5, 0.6) is 0 Å². The van der Waals surface area contributed by atoms with E-state index in [4.69, 9.17) is 4.74 Å².